The SMILES string of the molecule is CN1CCN(c2cnc(C(=O)N(C)Cc3ccccc3)cn2)CC1. The van der Waals surface area contributed by atoms with Gasteiger partial charge in [0.25, 0.3) is 5.91 Å². The van der Waals surface area contributed by atoms with Crippen LogP contribution in [0.15, 0.2) is 42.7 Å². The molecule has 1 amide bonds. The van der Waals surface area contributed by atoms with Gasteiger partial charge >= 0.3 is 0 Å². The number of anilines is 1. The Morgan fingerprint density at radius 2 is 1.79 bits per heavy atom. The van der Waals surface area contributed by atoms with Gasteiger partial charge in [0.15, 0.2) is 0 Å². The summed E-state index contributed by atoms with van der Waals surface area (Å²) in [5.41, 5.74) is 1.47. The van der Waals surface area contributed by atoms with Gasteiger partial charge in [-0.1, -0.05) is 30.3 Å². The molecule has 0 atom stereocenters. The molecule has 0 bridgehead atoms. The summed E-state index contributed by atoms with van der Waals surface area (Å²) in [7, 11) is 3.90. The van der Waals surface area contributed by atoms with Crippen molar-refractivity contribution in [3.63, 3.8) is 0 Å². The van der Waals surface area contributed by atoms with Crippen molar-refractivity contribution in [1.82, 2.24) is 19.8 Å². The second kappa shape index (κ2) is 7.40. The number of hydrogen-bond donors (Lipinski definition) is 0. The molecular weight excluding hydrogens is 302 g/mol. The highest BCUT2D eigenvalue weighted by Crippen LogP contribution is 2.13. The van der Waals surface area contributed by atoms with Crippen LogP contribution >= 0.6 is 0 Å². The molecule has 2 aromatic rings. The number of benzene rings is 1. The lowest BCUT2D eigenvalue weighted by Crippen LogP contribution is -2.44. The summed E-state index contributed by atoms with van der Waals surface area (Å²) in [6.45, 7) is 4.46. The van der Waals surface area contributed by atoms with Crippen LogP contribution in [0, 0.1) is 0 Å². The van der Waals surface area contributed by atoms with Crippen molar-refractivity contribution in [3.8, 4) is 0 Å². The zero-order chi connectivity index (χ0) is 16.9. The van der Waals surface area contributed by atoms with E-state index in [0.29, 0.717) is 12.2 Å². The van der Waals surface area contributed by atoms with Crippen molar-refractivity contribution in [2.24, 2.45) is 0 Å². The molecule has 6 heteroatoms. The van der Waals surface area contributed by atoms with Gasteiger partial charge in [-0.05, 0) is 12.6 Å². The predicted octanol–water partition coefficient (Wildman–Crippen LogP) is 1.50. The molecule has 126 valence electrons. The van der Waals surface area contributed by atoms with Crippen molar-refractivity contribution in [1.29, 1.82) is 0 Å². The Bertz CT molecular complexity index is 666. The minimum absolute atomic E-state index is 0.115. The highest BCUT2D eigenvalue weighted by atomic mass is 16.2. The van der Waals surface area contributed by atoms with Crippen molar-refractivity contribution in [2.75, 3.05) is 45.2 Å². The average molecular weight is 325 g/mol. The number of likely N-dealkylation sites (N-methyl/N-ethyl adjacent to an activating group) is 1. The van der Waals surface area contributed by atoms with E-state index in [1.54, 1.807) is 24.3 Å². The van der Waals surface area contributed by atoms with Crippen LogP contribution in [-0.4, -0.2) is 65.9 Å². The smallest absolute Gasteiger partial charge is 0.274 e. The average Bonchev–Trinajstić information content (AvgIpc) is 2.63. The summed E-state index contributed by atoms with van der Waals surface area (Å²) in [6.07, 6.45) is 3.28. The lowest BCUT2D eigenvalue weighted by molar-refractivity contribution is 0.0779. The molecule has 0 unspecified atom stereocenters. The van der Waals surface area contributed by atoms with Gasteiger partial charge in [-0.3, -0.25) is 4.79 Å². The van der Waals surface area contributed by atoms with Crippen molar-refractivity contribution in [2.45, 2.75) is 6.54 Å². The van der Waals surface area contributed by atoms with Gasteiger partial charge in [0.2, 0.25) is 0 Å². The molecule has 6 nitrogen and oxygen atoms in total. The van der Waals surface area contributed by atoms with Crippen LogP contribution in [0.3, 0.4) is 0 Å². The molecule has 0 aliphatic carbocycles. The van der Waals surface area contributed by atoms with E-state index in [0.717, 1.165) is 37.6 Å². The predicted molar refractivity (Wildman–Crippen MR) is 94.0 cm³/mol. The van der Waals surface area contributed by atoms with Crippen LogP contribution in [0.25, 0.3) is 0 Å². The van der Waals surface area contributed by atoms with E-state index < -0.39 is 0 Å². The Morgan fingerprint density at radius 3 is 2.42 bits per heavy atom. The molecule has 1 fully saturated rings. The van der Waals surface area contributed by atoms with Crippen LogP contribution in [0.4, 0.5) is 5.82 Å². The molecular formula is C18H23N5O. The van der Waals surface area contributed by atoms with E-state index >= 15 is 0 Å². The van der Waals surface area contributed by atoms with Gasteiger partial charge in [-0.2, -0.15) is 0 Å². The van der Waals surface area contributed by atoms with Gasteiger partial charge in [0.05, 0.1) is 12.4 Å². The molecule has 0 radical (unpaired) electrons. The molecule has 1 saturated heterocycles. The van der Waals surface area contributed by atoms with E-state index in [1.165, 1.54) is 0 Å². The van der Waals surface area contributed by atoms with Crippen LogP contribution in [0.1, 0.15) is 16.1 Å². The summed E-state index contributed by atoms with van der Waals surface area (Å²) in [5, 5.41) is 0. The van der Waals surface area contributed by atoms with Crippen LogP contribution in [0.2, 0.25) is 0 Å². The second-order valence-electron chi connectivity index (χ2n) is 6.20. The quantitative estimate of drug-likeness (QED) is 0.853. The molecule has 1 aromatic carbocycles. The monoisotopic (exact) mass is 325 g/mol. The summed E-state index contributed by atoms with van der Waals surface area (Å²) in [4.78, 5) is 27.4. The van der Waals surface area contributed by atoms with E-state index in [1.807, 2.05) is 30.3 Å². The third-order valence-electron chi connectivity index (χ3n) is 4.29. The van der Waals surface area contributed by atoms with Gasteiger partial charge < -0.3 is 14.7 Å². The maximum atomic E-state index is 12.5. The largest absolute Gasteiger partial charge is 0.353 e. The molecule has 24 heavy (non-hydrogen) atoms. The first-order valence-electron chi connectivity index (χ1n) is 8.18. The highest BCUT2D eigenvalue weighted by Gasteiger charge is 2.18. The maximum Gasteiger partial charge on any atom is 0.274 e. The minimum atomic E-state index is -0.115. The Morgan fingerprint density at radius 1 is 1.08 bits per heavy atom. The molecule has 3 rings (SSSR count). The van der Waals surface area contributed by atoms with Crippen molar-refractivity contribution >= 4 is 11.7 Å². The zero-order valence-corrected chi connectivity index (χ0v) is 14.2. The topological polar surface area (TPSA) is 52.6 Å². The van der Waals surface area contributed by atoms with Crippen molar-refractivity contribution in [3.05, 3.63) is 54.0 Å². The number of carbonyl (C=O) groups is 1. The van der Waals surface area contributed by atoms with E-state index in [2.05, 4.69) is 26.8 Å². The number of hydrogen-bond acceptors (Lipinski definition) is 5. The summed E-state index contributed by atoms with van der Waals surface area (Å²) in [5.74, 6) is 0.724. The molecule has 2 heterocycles. The van der Waals surface area contributed by atoms with Gasteiger partial charge in [0.1, 0.15) is 11.5 Å². The van der Waals surface area contributed by atoms with E-state index in [-0.39, 0.29) is 5.91 Å². The van der Waals surface area contributed by atoms with E-state index in [4.69, 9.17) is 0 Å². The number of amides is 1. The van der Waals surface area contributed by atoms with Gasteiger partial charge in [0, 0.05) is 39.8 Å². The third kappa shape index (κ3) is 3.89. The second-order valence-corrected chi connectivity index (χ2v) is 6.20. The first-order valence-corrected chi connectivity index (χ1v) is 8.18. The Balaban J connectivity index is 1.63. The first kappa shape index (κ1) is 16.4. The lowest BCUT2D eigenvalue weighted by atomic mass is 10.2. The number of carbonyl (C=O) groups excluding carboxylic acids is 1. The molecule has 1 aliphatic heterocycles. The summed E-state index contributed by atoms with van der Waals surface area (Å²) < 4.78 is 0. The summed E-state index contributed by atoms with van der Waals surface area (Å²) in [6, 6.07) is 9.92. The maximum absolute atomic E-state index is 12.5. The Hall–Kier alpha value is -2.47. The number of piperazine rings is 1. The molecule has 0 saturated carbocycles. The Kier molecular flexibility index (Phi) is 5.05. The normalized spacial score (nSPS) is 15.3. The fourth-order valence-corrected chi connectivity index (χ4v) is 2.76. The summed E-state index contributed by atoms with van der Waals surface area (Å²) >= 11 is 0. The number of aromatic nitrogens is 2. The fraction of sp³-hybridized carbons (Fsp3) is 0.389. The molecule has 1 aliphatic rings. The molecule has 0 spiro atoms. The molecule has 0 N–H and O–H groups in total. The minimum Gasteiger partial charge on any atom is -0.353 e. The fourth-order valence-electron chi connectivity index (χ4n) is 2.76. The van der Waals surface area contributed by atoms with Gasteiger partial charge in [-0.25, -0.2) is 9.97 Å². The van der Waals surface area contributed by atoms with Gasteiger partial charge in [-0.15, -0.1) is 0 Å². The van der Waals surface area contributed by atoms with Crippen LogP contribution < -0.4 is 4.90 Å². The van der Waals surface area contributed by atoms with E-state index in [9.17, 15) is 4.79 Å². The van der Waals surface area contributed by atoms with Crippen LogP contribution in [-0.2, 0) is 6.54 Å². The number of nitrogens with zero attached hydrogens (tertiary/aromatic N) is 5. The van der Waals surface area contributed by atoms with Crippen molar-refractivity contribution < 1.29 is 4.79 Å². The number of rotatable bonds is 4. The standard InChI is InChI=1S/C18H23N5O/c1-21-8-10-23(11-9-21)17-13-19-16(12-20-17)18(24)22(2)14-15-6-4-3-5-7-15/h3-7,12-13H,8-11,14H2,1-2H3. The third-order valence-corrected chi connectivity index (χ3v) is 4.29. The highest BCUT2D eigenvalue weighted by molar-refractivity contribution is 5.91. The van der Waals surface area contributed by atoms with Crippen LogP contribution in [0.5, 0.6) is 0 Å². The first-order chi connectivity index (χ1) is 11.6. The molecule has 1 aromatic heterocycles. The lowest BCUT2D eigenvalue weighted by Gasteiger charge is -2.32. The Labute approximate surface area is 142 Å². The zero-order valence-electron chi connectivity index (χ0n) is 14.2.